The Labute approximate surface area is 165 Å². The van der Waals surface area contributed by atoms with Crippen LogP contribution in [-0.4, -0.2) is 42.8 Å². The number of hydrogen-bond donors (Lipinski definition) is 2. The molecule has 1 heterocycles. The molecule has 150 valence electrons. The van der Waals surface area contributed by atoms with Crippen molar-refractivity contribution >= 4 is 11.7 Å². The molecule has 1 aliphatic rings. The van der Waals surface area contributed by atoms with Gasteiger partial charge in [0.15, 0.2) is 0 Å². The maximum atomic E-state index is 13.6. The largest absolute Gasteiger partial charge is 0.373 e. The van der Waals surface area contributed by atoms with Gasteiger partial charge >= 0.3 is 6.03 Å². The van der Waals surface area contributed by atoms with Crippen LogP contribution in [0.15, 0.2) is 48.5 Å². The Morgan fingerprint density at radius 3 is 2.43 bits per heavy atom. The Bertz CT molecular complexity index is 789. The fourth-order valence-corrected chi connectivity index (χ4v) is 3.61. The molecular weight excluding hydrogens is 357 g/mol. The van der Waals surface area contributed by atoms with Crippen LogP contribution in [0.25, 0.3) is 0 Å². The average Bonchev–Trinajstić information content (AvgIpc) is 2.64. The number of benzene rings is 2. The molecule has 1 saturated heterocycles. The van der Waals surface area contributed by atoms with Crippen LogP contribution in [0.3, 0.4) is 0 Å². The zero-order valence-electron chi connectivity index (χ0n) is 16.5. The molecule has 5 nitrogen and oxygen atoms in total. The molecule has 0 radical (unpaired) electrons. The van der Waals surface area contributed by atoms with Gasteiger partial charge in [-0.15, -0.1) is 0 Å². The SMILES string of the molecule is CC1CN(Cc2ccccc2NC(=O)NCCc2ccccc2F)CC(C)O1. The van der Waals surface area contributed by atoms with Crippen molar-refractivity contribution in [2.24, 2.45) is 0 Å². The maximum Gasteiger partial charge on any atom is 0.319 e. The standard InChI is InChI=1S/C22H28FN3O2/c1-16-13-26(14-17(2)28-16)15-19-8-4-6-10-21(19)25-22(27)24-12-11-18-7-3-5-9-20(18)23/h3-10,16-17H,11-15H2,1-2H3,(H2,24,25,27). The van der Waals surface area contributed by atoms with Crippen molar-refractivity contribution in [2.45, 2.75) is 39.0 Å². The lowest BCUT2D eigenvalue weighted by Gasteiger charge is -2.35. The molecule has 1 fully saturated rings. The first-order chi connectivity index (χ1) is 13.5. The third kappa shape index (κ3) is 5.78. The molecule has 2 atom stereocenters. The van der Waals surface area contributed by atoms with E-state index < -0.39 is 0 Å². The van der Waals surface area contributed by atoms with E-state index in [0.29, 0.717) is 18.5 Å². The highest BCUT2D eigenvalue weighted by atomic mass is 19.1. The molecule has 1 aliphatic heterocycles. The number of rotatable bonds is 6. The fraction of sp³-hybridized carbons (Fsp3) is 0.409. The Hall–Kier alpha value is -2.44. The van der Waals surface area contributed by atoms with E-state index >= 15 is 0 Å². The van der Waals surface area contributed by atoms with Crippen LogP contribution < -0.4 is 10.6 Å². The van der Waals surface area contributed by atoms with E-state index in [4.69, 9.17) is 4.74 Å². The van der Waals surface area contributed by atoms with Crippen LogP contribution in [0.4, 0.5) is 14.9 Å². The molecule has 6 heteroatoms. The summed E-state index contributed by atoms with van der Waals surface area (Å²) in [6.07, 6.45) is 0.849. The number of amides is 2. The first-order valence-corrected chi connectivity index (χ1v) is 9.75. The van der Waals surface area contributed by atoms with Gasteiger partial charge in [0.2, 0.25) is 0 Å². The zero-order chi connectivity index (χ0) is 19.9. The number of para-hydroxylation sites is 1. The summed E-state index contributed by atoms with van der Waals surface area (Å²) in [7, 11) is 0. The van der Waals surface area contributed by atoms with Crippen molar-refractivity contribution in [3.05, 3.63) is 65.5 Å². The van der Waals surface area contributed by atoms with Crippen LogP contribution in [0.2, 0.25) is 0 Å². The van der Waals surface area contributed by atoms with E-state index in [1.54, 1.807) is 18.2 Å². The first-order valence-electron chi connectivity index (χ1n) is 9.75. The van der Waals surface area contributed by atoms with Gasteiger partial charge < -0.3 is 15.4 Å². The Morgan fingerprint density at radius 1 is 1.07 bits per heavy atom. The number of carbonyl (C=O) groups excluding carboxylic acids is 1. The number of urea groups is 1. The molecule has 2 aromatic carbocycles. The summed E-state index contributed by atoms with van der Waals surface area (Å²) in [4.78, 5) is 14.6. The minimum atomic E-state index is -0.285. The number of nitrogens with one attached hydrogen (secondary N) is 2. The molecular formula is C22H28FN3O2. The van der Waals surface area contributed by atoms with Gasteiger partial charge in [-0.1, -0.05) is 36.4 Å². The third-order valence-electron chi connectivity index (χ3n) is 4.79. The number of carbonyl (C=O) groups is 1. The summed E-state index contributed by atoms with van der Waals surface area (Å²) < 4.78 is 19.4. The number of ether oxygens (including phenoxy) is 1. The van der Waals surface area contributed by atoms with Gasteiger partial charge in [-0.25, -0.2) is 9.18 Å². The lowest BCUT2D eigenvalue weighted by Crippen LogP contribution is -2.45. The quantitative estimate of drug-likeness (QED) is 0.795. The normalized spacial score (nSPS) is 20.0. The van der Waals surface area contributed by atoms with Crippen LogP contribution in [0, 0.1) is 5.82 Å². The molecule has 0 spiro atoms. The average molecular weight is 385 g/mol. The number of morpholine rings is 1. The number of nitrogens with zero attached hydrogens (tertiary/aromatic N) is 1. The van der Waals surface area contributed by atoms with Crippen molar-refractivity contribution in [1.82, 2.24) is 10.2 Å². The van der Waals surface area contributed by atoms with Crippen molar-refractivity contribution in [1.29, 1.82) is 0 Å². The monoisotopic (exact) mass is 385 g/mol. The Kier molecular flexibility index (Phi) is 7.01. The van der Waals surface area contributed by atoms with Crippen LogP contribution in [-0.2, 0) is 17.7 Å². The van der Waals surface area contributed by atoms with E-state index in [9.17, 15) is 9.18 Å². The van der Waals surface area contributed by atoms with Crippen LogP contribution in [0.5, 0.6) is 0 Å². The highest BCUT2D eigenvalue weighted by Gasteiger charge is 2.22. The number of anilines is 1. The molecule has 28 heavy (non-hydrogen) atoms. The van der Waals surface area contributed by atoms with E-state index in [-0.39, 0.29) is 24.1 Å². The minimum Gasteiger partial charge on any atom is -0.373 e. The number of hydrogen-bond acceptors (Lipinski definition) is 3. The fourth-order valence-electron chi connectivity index (χ4n) is 3.61. The molecule has 0 aromatic heterocycles. The van der Waals surface area contributed by atoms with Gasteiger partial charge in [-0.2, -0.15) is 0 Å². The maximum absolute atomic E-state index is 13.6. The van der Waals surface area contributed by atoms with E-state index in [0.717, 1.165) is 30.9 Å². The summed E-state index contributed by atoms with van der Waals surface area (Å²) in [5.41, 5.74) is 2.45. The summed E-state index contributed by atoms with van der Waals surface area (Å²) in [5.74, 6) is -0.246. The van der Waals surface area contributed by atoms with Crippen molar-refractivity contribution < 1.29 is 13.9 Å². The van der Waals surface area contributed by atoms with Crippen LogP contribution in [0.1, 0.15) is 25.0 Å². The Balaban J connectivity index is 1.54. The van der Waals surface area contributed by atoms with Gasteiger partial charge in [0.05, 0.1) is 12.2 Å². The Morgan fingerprint density at radius 2 is 1.71 bits per heavy atom. The van der Waals surface area contributed by atoms with E-state index in [1.165, 1.54) is 6.07 Å². The lowest BCUT2D eigenvalue weighted by molar-refractivity contribution is -0.0704. The molecule has 2 aromatic rings. The molecule has 0 aliphatic carbocycles. The lowest BCUT2D eigenvalue weighted by atomic mass is 10.1. The predicted octanol–water partition coefficient (Wildman–Crippen LogP) is 3.80. The third-order valence-corrected chi connectivity index (χ3v) is 4.79. The molecule has 3 rings (SSSR count). The van der Waals surface area contributed by atoms with E-state index in [2.05, 4.69) is 29.4 Å². The second kappa shape index (κ2) is 9.66. The molecule has 0 bridgehead atoms. The zero-order valence-corrected chi connectivity index (χ0v) is 16.5. The van der Waals surface area contributed by atoms with Gasteiger partial charge in [-0.05, 0) is 43.5 Å². The van der Waals surface area contributed by atoms with E-state index in [1.807, 2.05) is 24.3 Å². The molecule has 2 unspecified atom stereocenters. The molecule has 2 amide bonds. The topological polar surface area (TPSA) is 53.6 Å². The smallest absolute Gasteiger partial charge is 0.319 e. The van der Waals surface area contributed by atoms with Crippen LogP contribution >= 0.6 is 0 Å². The first kappa shape index (κ1) is 20.3. The van der Waals surface area contributed by atoms with Gasteiger partial charge in [0.1, 0.15) is 5.82 Å². The predicted molar refractivity (Wildman–Crippen MR) is 109 cm³/mol. The van der Waals surface area contributed by atoms with Crippen molar-refractivity contribution in [3.63, 3.8) is 0 Å². The molecule has 2 N–H and O–H groups in total. The van der Waals surface area contributed by atoms with Crippen molar-refractivity contribution in [2.75, 3.05) is 25.0 Å². The van der Waals surface area contributed by atoms with Gasteiger partial charge in [0.25, 0.3) is 0 Å². The summed E-state index contributed by atoms with van der Waals surface area (Å²) >= 11 is 0. The second-order valence-corrected chi connectivity index (χ2v) is 7.33. The second-order valence-electron chi connectivity index (χ2n) is 7.33. The van der Waals surface area contributed by atoms with Crippen molar-refractivity contribution in [3.8, 4) is 0 Å². The number of halogens is 1. The highest BCUT2D eigenvalue weighted by Crippen LogP contribution is 2.20. The van der Waals surface area contributed by atoms with Gasteiger partial charge in [-0.3, -0.25) is 4.90 Å². The summed E-state index contributed by atoms with van der Waals surface area (Å²) in [5, 5.41) is 5.72. The van der Waals surface area contributed by atoms with Gasteiger partial charge in [0, 0.05) is 31.9 Å². The summed E-state index contributed by atoms with van der Waals surface area (Å²) in [6, 6.07) is 14.1. The molecule has 0 saturated carbocycles. The minimum absolute atomic E-state index is 0.200. The highest BCUT2D eigenvalue weighted by molar-refractivity contribution is 5.90. The summed E-state index contributed by atoms with van der Waals surface area (Å²) in [6.45, 7) is 7.02.